The van der Waals surface area contributed by atoms with Gasteiger partial charge in [0.25, 0.3) is 5.91 Å². The minimum Gasteiger partial charge on any atom is -0.480 e. The first-order valence-corrected chi connectivity index (χ1v) is 9.03. The number of halogens is 2. The Labute approximate surface area is 163 Å². The Morgan fingerprint density at radius 3 is 2.35 bits per heavy atom. The molecule has 1 aromatic carbocycles. The van der Waals surface area contributed by atoms with E-state index in [1.807, 2.05) is 17.5 Å². The zero-order chi connectivity index (χ0) is 19.1. The lowest BCUT2D eigenvalue weighted by Gasteiger charge is -2.16. The molecule has 0 spiro atoms. The molecule has 0 saturated heterocycles. The van der Waals surface area contributed by atoms with Crippen molar-refractivity contribution in [1.82, 2.24) is 16.0 Å². The lowest BCUT2D eigenvalue weighted by Crippen LogP contribution is -2.50. The smallest absolute Gasteiger partial charge is 0.328 e. The molecule has 10 heteroatoms. The molecule has 1 atom stereocenters. The van der Waals surface area contributed by atoms with E-state index < -0.39 is 23.9 Å². The number of rotatable bonds is 7. The van der Waals surface area contributed by atoms with Crippen LogP contribution in [-0.4, -0.2) is 35.6 Å². The number of carbonyl (C=O) groups is 3. The summed E-state index contributed by atoms with van der Waals surface area (Å²) in [5, 5.41) is 18.6. The van der Waals surface area contributed by atoms with Crippen LogP contribution in [0, 0.1) is 0 Å². The normalized spacial score (nSPS) is 11.5. The highest BCUT2D eigenvalue weighted by Crippen LogP contribution is 2.24. The van der Waals surface area contributed by atoms with Crippen molar-refractivity contribution < 1.29 is 19.5 Å². The van der Waals surface area contributed by atoms with Gasteiger partial charge < -0.3 is 21.1 Å². The van der Waals surface area contributed by atoms with Gasteiger partial charge in [-0.2, -0.15) is 0 Å². The number of carboxylic acids is 1. The van der Waals surface area contributed by atoms with Gasteiger partial charge in [-0.1, -0.05) is 35.3 Å². The van der Waals surface area contributed by atoms with Crippen LogP contribution in [0.1, 0.15) is 15.2 Å². The zero-order valence-corrected chi connectivity index (χ0v) is 15.6. The molecule has 1 heterocycles. The number of aliphatic carboxylic acids is 1. The molecule has 0 aliphatic carbocycles. The Balaban J connectivity index is 1.91. The first-order chi connectivity index (χ1) is 12.4. The van der Waals surface area contributed by atoms with Crippen molar-refractivity contribution in [2.24, 2.45) is 0 Å². The predicted octanol–water partition coefficient (Wildman–Crippen LogP) is 2.74. The molecule has 4 N–H and O–H groups in total. The molecule has 26 heavy (non-hydrogen) atoms. The molecule has 0 aliphatic heterocycles. The van der Waals surface area contributed by atoms with Gasteiger partial charge in [0.05, 0.1) is 28.7 Å². The molecule has 0 aliphatic rings. The predicted molar refractivity (Wildman–Crippen MR) is 99.9 cm³/mol. The first-order valence-electron chi connectivity index (χ1n) is 7.40. The second-order valence-electron chi connectivity index (χ2n) is 5.10. The van der Waals surface area contributed by atoms with Gasteiger partial charge in [-0.15, -0.1) is 11.3 Å². The van der Waals surface area contributed by atoms with Gasteiger partial charge in [0.1, 0.15) is 6.04 Å². The molecule has 0 unspecified atom stereocenters. The third kappa shape index (κ3) is 5.62. The fraction of sp³-hybridized carbons (Fsp3) is 0.188. The van der Waals surface area contributed by atoms with Crippen molar-refractivity contribution in [3.63, 3.8) is 0 Å². The molecule has 0 bridgehead atoms. The lowest BCUT2D eigenvalue weighted by molar-refractivity contribution is -0.139. The molecule has 3 amide bonds. The van der Waals surface area contributed by atoms with Crippen molar-refractivity contribution in [3.8, 4) is 0 Å². The van der Waals surface area contributed by atoms with Crippen LogP contribution < -0.4 is 16.0 Å². The summed E-state index contributed by atoms with van der Waals surface area (Å²) < 4.78 is 0. The van der Waals surface area contributed by atoms with Crippen molar-refractivity contribution in [1.29, 1.82) is 0 Å². The lowest BCUT2D eigenvalue weighted by atomic mass is 10.2. The SMILES string of the molecule is O=C(NCc1cccs1)NC[C@H](NC(=O)c1c(Cl)cccc1Cl)C(=O)O. The zero-order valence-electron chi connectivity index (χ0n) is 13.3. The maximum absolute atomic E-state index is 12.3. The van der Waals surface area contributed by atoms with E-state index in [-0.39, 0.29) is 22.2 Å². The molecular formula is C16H15Cl2N3O4S. The Morgan fingerprint density at radius 2 is 1.77 bits per heavy atom. The van der Waals surface area contributed by atoms with Gasteiger partial charge in [0, 0.05) is 4.88 Å². The summed E-state index contributed by atoms with van der Waals surface area (Å²) in [5.74, 6) is -2.05. The van der Waals surface area contributed by atoms with Crippen LogP contribution in [0.3, 0.4) is 0 Å². The van der Waals surface area contributed by atoms with Gasteiger partial charge in [-0.05, 0) is 23.6 Å². The fourth-order valence-corrected chi connectivity index (χ4v) is 3.20. The topological polar surface area (TPSA) is 108 Å². The van der Waals surface area contributed by atoms with E-state index in [2.05, 4.69) is 16.0 Å². The van der Waals surface area contributed by atoms with Crippen LogP contribution in [0.25, 0.3) is 0 Å². The highest BCUT2D eigenvalue weighted by atomic mass is 35.5. The molecule has 0 saturated carbocycles. The molecule has 0 radical (unpaired) electrons. The van der Waals surface area contributed by atoms with Crippen molar-refractivity contribution in [2.75, 3.05) is 6.54 Å². The van der Waals surface area contributed by atoms with Gasteiger partial charge in [-0.25, -0.2) is 9.59 Å². The number of urea groups is 1. The Morgan fingerprint density at radius 1 is 1.08 bits per heavy atom. The Kier molecular flexibility index (Phi) is 7.26. The summed E-state index contributed by atoms with van der Waals surface area (Å²) in [7, 11) is 0. The van der Waals surface area contributed by atoms with Gasteiger partial charge in [0.2, 0.25) is 0 Å². The summed E-state index contributed by atoms with van der Waals surface area (Å²) in [5.41, 5.74) is -0.0239. The van der Waals surface area contributed by atoms with E-state index in [1.54, 1.807) is 6.07 Å². The number of amides is 3. The number of thiophene rings is 1. The highest BCUT2D eigenvalue weighted by molar-refractivity contribution is 7.09. The van der Waals surface area contributed by atoms with E-state index in [4.69, 9.17) is 23.2 Å². The minimum absolute atomic E-state index is 0.0239. The average Bonchev–Trinajstić information content (AvgIpc) is 3.09. The molecule has 1 aromatic heterocycles. The molecule has 2 aromatic rings. The second kappa shape index (κ2) is 9.42. The maximum atomic E-state index is 12.3. The summed E-state index contributed by atoms with van der Waals surface area (Å²) >= 11 is 13.4. The summed E-state index contributed by atoms with van der Waals surface area (Å²) in [6, 6.07) is 6.32. The van der Waals surface area contributed by atoms with E-state index in [1.165, 1.54) is 23.5 Å². The number of benzene rings is 1. The van der Waals surface area contributed by atoms with E-state index in [9.17, 15) is 19.5 Å². The van der Waals surface area contributed by atoms with Crippen LogP contribution in [0.2, 0.25) is 10.0 Å². The second-order valence-corrected chi connectivity index (χ2v) is 6.95. The van der Waals surface area contributed by atoms with Crippen LogP contribution in [0.15, 0.2) is 35.7 Å². The summed E-state index contributed by atoms with van der Waals surface area (Å²) in [4.78, 5) is 36.3. The standard InChI is InChI=1S/C16H15Cl2N3O4S/c17-10-4-1-5-11(18)13(10)14(22)21-12(15(23)24)8-20-16(25)19-7-9-3-2-6-26-9/h1-6,12H,7-8H2,(H,21,22)(H,23,24)(H2,19,20,25)/t12-/m0/s1. The molecule has 2 rings (SSSR count). The molecular weight excluding hydrogens is 401 g/mol. The van der Waals surface area contributed by atoms with Crippen LogP contribution in [-0.2, 0) is 11.3 Å². The van der Waals surface area contributed by atoms with Crippen LogP contribution in [0.4, 0.5) is 4.79 Å². The number of carbonyl (C=O) groups excluding carboxylic acids is 2. The number of hydrogen-bond donors (Lipinski definition) is 4. The van der Waals surface area contributed by atoms with E-state index in [0.29, 0.717) is 6.54 Å². The quantitative estimate of drug-likeness (QED) is 0.557. The van der Waals surface area contributed by atoms with E-state index >= 15 is 0 Å². The fourth-order valence-electron chi connectivity index (χ4n) is 1.98. The summed E-state index contributed by atoms with van der Waals surface area (Å²) in [6.45, 7) is 0.0161. The van der Waals surface area contributed by atoms with Crippen molar-refractivity contribution in [2.45, 2.75) is 12.6 Å². The average molecular weight is 416 g/mol. The number of nitrogens with one attached hydrogen (secondary N) is 3. The van der Waals surface area contributed by atoms with Gasteiger partial charge >= 0.3 is 12.0 Å². The molecule has 138 valence electrons. The van der Waals surface area contributed by atoms with Crippen LogP contribution >= 0.6 is 34.5 Å². The monoisotopic (exact) mass is 415 g/mol. The van der Waals surface area contributed by atoms with E-state index in [0.717, 1.165) is 4.88 Å². The Hall–Kier alpha value is -2.29. The molecule has 7 nitrogen and oxygen atoms in total. The van der Waals surface area contributed by atoms with Crippen molar-refractivity contribution in [3.05, 3.63) is 56.2 Å². The van der Waals surface area contributed by atoms with Crippen molar-refractivity contribution >= 4 is 52.4 Å². The third-order valence-electron chi connectivity index (χ3n) is 3.26. The first kappa shape index (κ1) is 20.0. The van der Waals surface area contributed by atoms with Gasteiger partial charge in [-0.3, -0.25) is 4.79 Å². The largest absolute Gasteiger partial charge is 0.480 e. The minimum atomic E-state index is -1.35. The van der Waals surface area contributed by atoms with Gasteiger partial charge in [0.15, 0.2) is 0 Å². The number of hydrogen-bond acceptors (Lipinski definition) is 4. The maximum Gasteiger partial charge on any atom is 0.328 e. The summed E-state index contributed by atoms with van der Waals surface area (Å²) in [6.07, 6.45) is 0. The highest BCUT2D eigenvalue weighted by Gasteiger charge is 2.23. The Bertz CT molecular complexity index is 779. The van der Waals surface area contributed by atoms with Crippen LogP contribution in [0.5, 0.6) is 0 Å². The third-order valence-corrected chi connectivity index (χ3v) is 4.77. The molecule has 0 fully saturated rings. The number of carboxylic acid groups (broad SMARTS) is 1.